The average Bonchev–Trinajstić information content (AvgIpc) is 2.79. The SMILES string of the molecule is N#CCOC[C@@H]1CC(c2ccc(Br)cn2)=NO1. The third kappa shape index (κ3) is 3.25. The predicted octanol–water partition coefficient (Wildman–Crippen LogP) is 1.88. The predicted molar refractivity (Wildman–Crippen MR) is 64.4 cm³/mol. The first-order valence-corrected chi connectivity index (χ1v) is 5.88. The molecule has 0 bridgehead atoms. The Labute approximate surface area is 107 Å². The summed E-state index contributed by atoms with van der Waals surface area (Å²) in [5.74, 6) is 0. The molecule has 17 heavy (non-hydrogen) atoms. The van der Waals surface area contributed by atoms with Gasteiger partial charge in [-0.2, -0.15) is 5.26 Å². The number of hydrogen-bond donors (Lipinski definition) is 0. The standard InChI is InChI=1S/C11H10BrN3O2/c12-8-1-2-10(14-6-8)11-5-9(17-15-11)7-16-4-3-13/h1-2,6,9H,4-5,7H2/t9-/m0/s1. The third-order valence-electron chi connectivity index (χ3n) is 2.23. The van der Waals surface area contributed by atoms with E-state index in [0.717, 1.165) is 15.9 Å². The van der Waals surface area contributed by atoms with E-state index in [9.17, 15) is 0 Å². The highest BCUT2D eigenvalue weighted by molar-refractivity contribution is 9.10. The fourth-order valence-corrected chi connectivity index (χ4v) is 1.69. The first-order valence-electron chi connectivity index (χ1n) is 5.09. The minimum Gasteiger partial charge on any atom is -0.389 e. The van der Waals surface area contributed by atoms with Gasteiger partial charge in [0.05, 0.1) is 18.4 Å². The number of halogens is 1. The third-order valence-corrected chi connectivity index (χ3v) is 2.70. The lowest BCUT2D eigenvalue weighted by Gasteiger charge is -2.05. The van der Waals surface area contributed by atoms with Crippen LogP contribution in [-0.2, 0) is 9.57 Å². The van der Waals surface area contributed by atoms with Gasteiger partial charge in [-0.05, 0) is 28.1 Å². The van der Waals surface area contributed by atoms with Gasteiger partial charge >= 0.3 is 0 Å². The van der Waals surface area contributed by atoms with Crippen molar-refractivity contribution in [3.63, 3.8) is 0 Å². The monoisotopic (exact) mass is 295 g/mol. The van der Waals surface area contributed by atoms with Gasteiger partial charge in [-0.1, -0.05) is 5.16 Å². The van der Waals surface area contributed by atoms with Crippen molar-refractivity contribution >= 4 is 21.6 Å². The van der Waals surface area contributed by atoms with E-state index in [2.05, 4.69) is 26.1 Å². The largest absolute Gasteiger partial charge is 0.389 e. The Bertz CT molecular complexity index is 453. The summed E-state index contributed by atoms with van der Waals surface area (Å²) in [6.07, 6.45) is 2.25. The smallest absolute Gasteiger partial charge is 0.156 e. The number of rotatable bonds is 4. The normalized spacial score (nSPS) is 18.4. The quantitative estimate of drug-likeness (QED) is 0.796. The van der Waals surface area contributed by atoms with Crippen molar-refractivity contribution in [3.05, 3.63) is 28.5 Å². The number of nitriles is 1. The molecule has 2 rings (SSSR count). The van der Waals surface area contributed by atoms with Gasteiger partial charge in [0.1, 0.15) is 12.3 Å². The Kier molecular flexibility index (Phi) is 4.07. The molecule has 0 N–H and O–H groups in total. The summed E-state index contributed by atoms with van der Waals surface area (Å²) < 4.78 is 6.01. The molecule has 0 saturated heterocycles. The van der Waals surface area contributed by atoms with E-state index in [1.807, 2.05) is 18.2 Å². The first kappa shape index (κ1) is 12.0. The van der Waals surface area contributed by atoms with Crippen molar-refractivity contribution in [2.75, 3.05) is 13.2 Å². The van der Waals surface area contributed by atoms with Crippen molar-refractivity contribution in [1.82, 2.24) is 4.98 Å². The summed E-state index contributed by atoms with van der Waals surface area (Å²) >= 11 is 3.32. The van der Waals surface area contributed by atoms with Crippen LogP contribution in [0.1, 0.15) is 12.1 Å². The Morgan fingerprint density at radius 2 is 2.47 bits per heavy atom. The molecule has 0 aliphatic carbocycles. The molecule has 5 nitrogen and oxygen atoms in total. The molecule has 88 valence electrons. The summed E-state index contributed by atoms with van der Waals surface area (Å²) in [5, 5.41) is 12.3. The Hall–Kier alpha value is -1.45. The second-order valence-corrected chi connectivity index (χ2v) is 4.42. The lowest BCUT2D eigenvalue weighted by Crippen LogP contribution is -2.16. The molecular weight excluding hydrogens is 286 g/mol. The highest BCUT2D eigenvalue weighted by Gasteiger charge is 2.22. The topological polar surface area (TPSA) is 67.5 Å². The maximum Gasteiger partial charge on any atom is 0.156 e. The summed E-state index contributed by atoms with van der Waals surface area (Å²) in [5.41, 5.74) is 1.61. The van der Waals surface area contributed by atoms with Crippen LogP contribution in [-0.4, -0.2) is 30.0 Å². The Morgan fingerprint density at radius 3 is 3.18 bits per heavy atom. The summed E-state index contributed by atoms with van der Waals surface area (Å²) in [4.78, 5) is 9.44. The van der Waals surface area contributed by atoms with Crippen LogP contribution in [0.4, 0.5) is 0 Å². The summed E-state index contributed by atoms with van der Waals surface area (Å²) in [6.45, 7) is 0.447. The molecule has 1 aromatic heterocycles. The number of oxime groups is 1. The van der Waals surface area contributed by atoms with Crippen LogP contribution in [0, 0.1) is 11.3 Å². The van der Waals surface area contributed by atoms with Gasteiger partial charge in [0.25, 0.3) is 0 Å². The minimum absolute atomic E-state index is 0.0751. The molecular formula is C11H10BrN3O2. The van der Waals surface area contributed by atoms with Crippen LogP contribution in [0.3, 0.4) is 0 Å². The molecule has 1 aliphatic rings. The zero-order valence-corrected chi connectivity index (χ0v) is 10.6. The molecule has 0 fully saturated rings. The van der Waals surface area contributed by atoms with Crippen LogP contribution >= 0.6 is 15.9 Å². The number of pyridine rings is 1. The molecule has 6 heteroatoms. The second kappa shape index (κ2) is 5.75. The molecule has 0 spiro atoms. The lowest BCUT2D eigenvalue weighted by atomic mass is 10.1. The maximum absolute atomic E-state index is 8.34. The van der Waals surface area contributed by atoms with E-state index in [1.54, 1.807) is 6.20 Å². The fourth-order valence-electron chi connectivity index (χ4n) is 1.45. The number of hydrogen-bond acceptors (Lipinski definition) is 5. The minimum atomic E-state index is -0.121. The zero-order chi connectivity index (χ0) is 12.1. The Balaban J connectivity index is 1.89. The van der Waals surface area contributed by atoms with Crippen LogP contribution < -0.4 is 0 Å². The molecule has 1 aliphatic heterocycles. The summed E-state index contributed by atoms with van der Waals surface area (Å²) in [7, 11) is 0. The van der Waals surface area contributed by atoms with E-state index >= 15 is 0 Å². The highest BCUT2D eigenvalue weighted by atomic mass is 79.9. The second-order valence-electron chi connectivity index (χ2n) is 3.50. The van der Waals surface area contributed by atoms with Crippen LogP contribution in [0.5, 0.6) is 0 Å². The van der Waals surface area contributed by atoms with Gasteiger partial charge in [-0.25, -0.2) is 0 Å². The van der Waals surface area contributed by atoms with E-state index in [4.69, 9.17) is 14.8 Å². The first-order chi connectivity index (χ1) is 8.29. The Morgan fingerprint density at radius 1 is 1.59 bits per heavy atom. The van der Waals surface area contributed by atoms with Gasteiger partial charge in [-0.15, -0.1) is 0 Å². The van der Waals surface area contributed by atoms with E-state index < -0.39 is 0 Å². The molecule has 2 heterocycles. The van der Waals surface area contributed by atoms with Crippen LogP contribution in [0.2, 0.25) is 0 Å². The molecule has 0 amide bonds. The molecule has 0 saturated carbocycles. The van der Waals surface area contributed by atoms with Gasteiger partial charge in [0.15, 0.2) is 6.10 Å². The summed E-state index contributed by atoms with van der Waals surface area (Å²) in [6, 6.07) is 5.69. The lowest BCUT2D eigenvalue weighted by molar-refractivity contribution is 0.0121. The van der Waals surface area contributed by atoms with Crippen molar-refractivity contribution in [2.45, 2.75) is 12.5 Å². The van der Waals surface area contributed by atoms with Crippen molar-refractivity contribution < 1.29 is 9.57 Å². The molecule has 0 unspecified atom stereocenters. The molecule has 1 aromatic rings. The van der Waals surface area contributed by atoms with Crippen molar-refractivity contribution in [3.8, 4) is 6.07 Å². The van der Waals surface area contributed by atoms with Crippen LogP contribution in [0.25, 0.3) is 0 Å². The number of aromatic nitrogens is 1. The zero-order valence-electron chi connectivity index (χ0n) is 8.97. The van der Waals surface area contributed by atoms with Crippen LogP contribution in [0.15, 0.2) is 28.0 Å². The van der Waals surface area contributed by atoms with E-state index in [1.165, 1.54) is 0 Å². The average molecular weight is 296 g/mol. The van der Waals surface area contributed by atoms with E-state index in [0.29, 0.717) is 13.0 Å². The van der Waals surface area contributed by atoms with Crippen molar-refractivity contribution in [2.24, 2.45) is 5.16 Å². The van der Waals surface area contributed by atoms with Crippen molar-refractivity contribution in [1.29, 1.82) is 5.26 Å². The molecule has 1 atom stereocenters. The van der Waals surface area contributed by atoms with E-state index in [-0.39, 0.29) is 12.7 Å². The maximum atomic E-state index is 8.34. The van der Waals surface area contributed by atoms with Gasteiger partial charge in [0.2, 0.25) is 0 Å². The highest BCUT2D eigenvalue weighted by Crippen LogP contribution is 2.17. The fraction of sp³-hybridized carbons (Fsp3) is 0.364. The van der Waals surface area contributed by atoms with Gasteiger partial charge in [-0.3, -0.25) is 4.98 Å². The molecule has 0 aromatic carbocycles. The number of nitrogens with zero attached hydrogens (tertiary/aromatic N) is 3. The molecule has 0 radical (unpaired) electrons. The van der Waals surface area contributed by atoms with Gasteiger partial charge < -0.3 is 9.57 Å². The number of ether oxygens (including phenoxy) is 1. The van der Waals surface area contributed by atoms with Gasteiger partial charge in [0, 0.05) is 17.1 Å².